The Morgan fingerprint density at radius 3 is 3.00 bits per heavy atom. The number of hydrogen-bond donors (Lipinski definition) is 2. The largest absolute Gasteiger partial charge is 0.387 e. The molecule has 1 aromatic heterocycles. The molecule has 0 fully saturated rings. The zero-order valence-corrected chi connectivity index (χ0v) is 5.41. The molecule has 1 heterocycles. The van der Waals surface area contributed by atoms with Gasteiger partial charge in [-0.1, -0.05) is 0 Å². The van der Waals surface area contributed by atoms with Gasteiger partial charge in [-0.2, -0.15) is 0 Å². The average molecular weight is 136 g/mol. The second-order valence-electron chi connectivity index (χ2n) is 1.90. The zero-order chi connectivity index (χ0) is 7.40. The van der Waals surface area contributed by atoms with Crippen LogP contribution in [0.4, 0.5) is 0 Å². The van der Waals surface area contributed by atoms with Crippen LogP contribution in [0.3, 0.4) is 0 Å². The fourth-order valence-corrected chi connectivity index (χ4v) is 0.618. The number of amidine groups is 1. The first kappa shape index (κ1) is 6.67. The first-order chi connectivity index (χ1) is 4.79. The first-order valence-electron chi connectivity index (χ1n) is 2.87. The summed E-state index contributed by atoms with van der Waals surface area (Å²) in [4.78, 5) is 7.62. The molecular weight excluding hydrogens is 128 g/mol. The summed E-state index contributed by atoms with van der Waals surface area (Å²) in [7, 11) is 0. The van der Waals surface area contributed by atoms with Crippen LogP contribution in [0, 0.1) is 5.41 Å². The van der Waals surface area contributed by atoms with Crippen LogP contribution in [0.25, 0.3) is 0 Å². The van der Waals surface area contributed by atoms with Crippen molar-refractivity contribution in [3.05, 3.63) is 24.3 Å². The van der Waals surface area contributed by atoms with E-state index in [9.17, 15) is 0 Å². The van der Waals surface area contributed by atoms with Gasteiger partial charge < -0.3 is 5.73 Å². The topological polar surface area (TPSA) is 75.7 Å². The van der Waals surface area contributed by atoms with Crippen LogP contribution in [0.2, 0.25) is 0 Å². The molecule has 4 nitrogen and oxygen atoms in total. The molecule has 0 atom stereocenters. The summed E-state index contributed by atoms with van der Waals surface area (Å²) in [6.45, 7) is 0. The predicted octanol–water partition coefficient (Wildman–Crippen LogP) is -0.0449. The number of rotatable bonds is 2. The Morgan fingerprint density at radius 1 is 1.70 bits per heavy atom. The van der Waals surface area contributed by atoms with Crippen LogP contribution in [-0.2, 0) is 6.42 Å². The Balaban J connectivity index is 2.67. The molecule has 0 aliphatic heterocycles. The van der Waals surface area contributed by atoms with E-state index in [0.717, 1.165) is 5.69 Å². The van der Waals surface area contributed by atoms with Crippen LogP contribution < -0.4 is 5.73 Å². The fraction of sp³-hybridized carbons (Fsp3) is 0.167. The third-order valence-electron chi connectivity index (χ3n) is 1.01. The van der Waals surface area contributed by atoms with Gasteiger partial charge in [0.15, 0.2) is 0 Å². The highest BCUT2D eigenvalue weighted by atomic mass is 14.8. The number of aromatic nitrogens is 2. The Hall–Kier alpha value is -1.45. The highest BCUT2D eigenvalue weighted by Gasteiger charge is 1.93. The van der Waals surface area contributed by atoms with Gasteiger partial charge in [-0.05, 0) is 6.07 Å². The summed E-state index contributed by atoms with van der Waals surface area (Å²) < 4.78 is 0. The molecule has 4 heteroatoms. The molecule has 0 bridgehead atoms. The lowest BCUT2D eigenvalue weighted by Gasteiger charge is -1.94. The molecule has 10 heavy (non-hydrogen) atoms. The average Bonchev–Trinajstić information content (AvgIpc) is 1.88. The molecule has 3 N–H and O–H groups in total. The van der Waals surface area contributed by atoms with E-state index in [4.69, 9.17) is 11.1 Å². The number of nitrogens with zero attached hydrogens (tertiary/aromatic N) is 2. The van der Waals surface area contributed by atoms with E-state index >= 15 is 0 Å². The minimum Gasteiger partial charge on any atom is -0.387 e. The molecule has 0 spiro atoms. The van der Waals surface area contributed by atoms with Crippen molar-refractivity contribution in [2.24, 2.45) is 5.73 Å². The summed E-state index contributed by atoms with van der Waals surface area (Å²) in [5.74, 6) is 0.124. The van der Waals surface area contributed by atoms with Crippen LogP contribution >= 0.6 is 0 Å². The maximum Gasteiger partial charge on any atom is 0.115 e. The third-order valence-corrected chi connectivity index (χ3v) is 1.01. The van der Waals surface area contributed by atoms with Gasteiger partial charge in [-0.25, -0.2) is 9.97 Å². The van der Waals surface area contributed by atoms with E-state index in [2.05, 4.69) is 9.97 Å². The Kier molecular flexibility index (Phi) is 1.94. The summed E-state index contributed by atoms with van der Waals surface area (Å²) in [6, 6.07) is 1.74. The Labute approximate surface area is 58.6 Å². The van der Waals surface area contributed by atoms with Gasteiger partial charge in [0.25, 0.3) is 0 Å². The smallest absolute Gasteiger partial charge is 0.115 e. The standard InChI is InChI=1S/C6H8N4/c7-6(8)3-5-1-2-9-4-10-5/h1-2,4H,3H2,(H3,7,8). The fourth-order valence-electron chi connectivity index (χ4n) is 0.618. The summed E-state index contributed by atoms with van der Waals surface area (Å²) in [5.41, 5.74) is 5.93. The van der Waals surface area contributed by atoms with Crippen molar-refractivity contribution < 1.29 is 0 Å². The summed E-state index contributed by atoms with van der Waals surface area (Å²) >= 11 is 0. The molecule has 1 aromatic rings. The lowest BCUT2D eigenvalue weighted by Crippen LogP contribution is -2.13. The van der Waals surface area contributed by atoms with Crippen LogP contribution in [0.5, 0.6) is 0 Å². The van der Waals surface area contributed by atoms with Crippen LogP contribution in [0.1, 0.15) is 5.69 Å². The molecule has 0 unspecified atom stereocenters. The van der Waals surface area contributed by atoms with Gasteiger partial charge >= 0.3 is 0 Å². The monoisotopic (exact) mass is 136 g/mol. The van der Waals surface area contributed by atoms with E-state index in [1.807, 2.05) is 0 Å². The van der Waals surface area contributed by atoms with E-state index < -0.39 is 0 Å². The normalized spacial score (nSPS) is 9.20. The maximum absolute atomic E-state index is 6.95. The predicted molar refractivity (Wildman–Crippen MR) is 37.7 cm³/mol. The van der Waals surface area contributed by atoms with Crippen LogP contribution in [-0.4, -0.2) is 15.8 Å². The van der Waals surface area contributed by atoms with E-state index in [1.54, 1.807) is 12.3 Å². The van der Waals surface area contributed by atoms with Crippen molar-refractivity contribution in [3.63, 3.8) is 0 Å². The van der Waals surface area contributed by atoms with E-state index in [0.29, 0.717) is 6.42 Å². The van der Waals surface area contributed by atoms with Crippen molar-refractivity contribution in [3.8, 4) is 0 Å². The van der Waals surface area contributed by atoms with Gasteiger partial charge in [-0.3, -0.25) is 5.41 Å². The zero-order valence-electron chi connectivity index (χ0n) is 5.41. The third kappa shape index (κ3) is 1.81. The van der Waals surface area contributed by atoms with Gasteiger partial charge in [0.1, 0.15) is 6.33 Å². The Bertz CT molecular complexity index is 218. The number of nitrogens with one attached hydrogen (secondary N) is 1. The minimum atomic E-state index is 0.124. The van der Waals surface area contributed by atoms with Crippen molar-refractivity contribution in [1.29, 1.82) is 5.41 Å². The van der Waals surface area contributed by atoms with Crippen molar-refractivity contribution >= 4 is 5.84 Å². The second kappa shape index (κ2) is 2.91. The molecule has 0 saturated carbocycles. The Morgan fingerprint density at radius 2 is 2.50 bits per heavy atom. The lowest BCUT2D eigenvalue weighted by atomic mass is 10.3. The molecule has 0 aromatic carbocycles. The van der Waals surface area contributed by atoms with Gasteiger partial charge in [-0.15, -0.1) is 0 Å². The van der Waals surface area contributed by atoms with E-state index in [-0.39, 0.29) is 5.84 Å². The highest BCUT2D eigenvalue weighted by molar-refractivity contribution is 5.78. The molecular formula is C6H8N4. The number of nitrogens with two attached hydrogens (primary N) is 1. The lowest BCUT2D eigenvalue weighted by molar-refractivity contribution is 1.06. The molecule has 52 valence electrons. The van der Waals surface area contributed by atoms with Crippen LogP contribution in [0.15, 0.2) is 18.6 Å². The maximum atomic E-state index is 6.95. The SMILES string of the molecule is N=C(N)Cc1ccncn1. The van der Waals surface area contributed by atoms with Crippen molar-refractivity contribution in [2.75, 3.05) is 0 Å². The highest BCUT2D eigenvalue weighted by Crippen LogP contribution is 1.90. The van der Waals surface area contributed by atoms with Crippen molar-refractivity contribution in [2.45, 2.75) is 6.42 Å². The molecule has 0 radical (unpaired) electrons. The second-order valence-corrected chi connectivity index (χ2v) is 1.90. The summed E-state index contributed by atoms with van der Waals surface area (Å²) in [5, 5.41) is 6.95. The van der Waals surface area contributed by atoms with Crippen molar-refractivity contribution in [1.82, 2.24) is 9.97 Å². The minimum absolute atomic E-state index is 0.124. The van der Waals surface area contributed by atoms with Gasteiger partial charge in [0.05, 0.1) is 11.5 Å². The van der Waals surface area contributed by atoms with Gasteiger partial charge in [0, 0.05) is 12.6 Å². The molecule has 0 saturated heterocycles. The molecule has 1 rings (SSSR count). The summed E-state index contributed by atoms with van der Waals surface area (Å²) in [6.07, 6.45) is 3.48. The molecule has 0 aliphatic rings. The molecule has 0 amide bonds. The van der Waals surface area contributed by atoms with E-state index in [1.165, 1.54) is 6.33 Å². The first-order valence-corrected chi connectivity index (χ1v) is 2.87. The quantitative estimate of drug-likeness (QED) is 0.442. The molecule has 0 aliphatic carbocycles. The number of hydrogen-bond acceptors (Lipinski definition) is 3. The van der Waals surface area contributed by atoms with Gasteiger partial charge in [0.2, 0.25) is 0 Å².